The molecular formula is C33H62N2O10. The van der Waals surface area contributed by atoms with E-state index in [1.807, 2.05) is 11.9 Å². The van der Waals surface area contributed by atoms with Gasteiger partial charge in [0.05, 0.1) is 0 Å². The van der Waals surface area contributed by atoms with Crippen LogP contribution in [0.2, 0.25) is 0 Å². The molecule has 0 unspecified atom stereocenters. The Morgan fingerprint density at radius 3 is 1.44 bits per heavy atom. The zero-order valence-electron chi connectivity index (χ0n) is 28.5. The van der Waals surface area contributed by atoms with E-state index in [4.69, 9.17) is 34.3 Å². The Kier molecular flexibility index (Phi) is 20.9. The molecule has 0 aliphatic carbocycles. The smallest absolute Gasteiger partial charge is 0.323 e. The Morgan fingerprint density at radius 2 is 1.11 bits per heavy atom. The first-order valence-electron chi connectivity index (χ1n) is 16.6. The van der Waals surface area contributed by atoms with Gasteiger partial charge in [-0.3, -0.25) is 14.5 Å². The van der Waals surface area contributed by atoms with Crippen molar-refractivity contribution in [3.05, 3.63) is 0 Å². The fourth-order valence-electron chi connectivity index (χ4n) is 4.91. The number of rotatable bonds is 10. The predicted molar refractivity (Wildman–Crippen MR) is 171 cm³/mol. The van der Waals surface area contributed by atoms with E-state index in [0.29, 0.717) is 24.4 Å². The number of aliphatic carboxylic acids is 2. The molecule has 0 saturated carbocycles. The van der Waals surface area contributed by atoms with E-state index in [1.165, 1.54) is 0 Å². The molecule has 0 atom stereocenters. The molecule has 264 valence electrons. The van der Waals surface area contributed by atoms with Gasteiger partial charge in [0, 0.05) is 71.9 Å². The summed E-state index contributed by atoms with van der Waals surface area (Å²) >= 11 is 0. The molecular weight excluding hydrogens is 584 g/mol. The predicted octanol–water partition coefficient (Wildman–Crippen LogP) is 3.09. The van der Waals surface area contributed by atoms with Crippen molar-refractivity contribution in [2.45, 2.75) is 90.1 Å². The lowest BCUT2D eigenvalue weighted by molar-refractivity contribution is -0.149. The van der Waals surface area contributed by atoms with Gasteiger partial charge in [0.2, 0.25) is 0 Å². The van der Waals surface area contributed by atoms with Gasteiger partial charge in [-0.05, 0) is 110 Å². The minimum atomic E-state index is -0.821. The zero-order chi connectivity index (χ0) is 33.7. The van der Waals surface area contributed by atoms with Gasteiger partial charge >= 0.3 is 11.9 Å². The molecule has 0 spiro atoms. The number of nitrogens with zero attached hydrogens (tertiary/aromatic N) is 1. The Labute approximate surface area is 270 Å². The van der Waals surface area contributed by atoms with Crippen molar-refractivity contribution in [2.75, 3.05) is 79.6 Å². The summed E-state index contributed by atoms with van der Waals surface area (Å²) < 4.78 is 20.6. The normalized spacial score (nSPS) is 20.9. The number of carbonyl (C=O) groups excluding carboxylic acids is 1. The van der Waals surface area contributed by atoms with Crippen molar-refractivity contribution < 1.29 is 48.7 Å². The first kappa shape index (κ1) is 41.4. The van der Waals surface area contributed by atoms with Crippen LogP contribution < -0.4 is 5.32 Å². The fraction of sp³-hybridized carbons (Fsp3) is 0.909. The molecule has 45 heavy (non-hydrogen) atoms. The molecule has 4 saturated heterocycles. The monoisotopic (exact) mass is 646 g/mol. The number of carboxylic acids is 2. The van der Waals surface area contributed by atoms with E-state index in [-0.39, 0.29) is 5.92 Å². The van der Waals surface area contributed by atoms with Crippen LogP contribution in [0.15, 0.2) is 0 Å². The molecule has 0 bridgehead atoms. The van der Waals surface area contributed by atoms with Crippen LogP contribution >= 0.6 is 0 Å². The highest BCUT2D eigenvalue weighted by atomic mass is 16.5. The molecule has 4 aliphatic heterocycles. The van der Waals surface area contributed by atoms with Crippen LogP contribution in [0.25, 0.3) is 0 Å². The quantitative estimate of drug-likeness (QED) is 0.257. The van der Waals surface area contributed by atoms with E-state index in [2.05, 4.69) is 5.32 Å². The van der Waals surface area contributed by atoms with Crippen LogP contribution in [0.1, 0.15) is 79.1 Å². The molecule has 0 aromatic carbocycles. The summed E-state index contributed by atoms with van der Waals surface area (Å²) in [6, 6.07) is 0. The summed E-state index contributed by atoms with van der Waals surface area (Å²) in [5.74, 6) is 0.360. The maximum atomic E-state index is 11.0. The molecule has 12 nitrogen and oxygen atoms in total. The van der Waals surface area contributed by atoms with E-state index < -0.39 is 23.0 Å². The number of carboxylic acid groups (broad SMARTS) is 2. The van der Waals surface area contributed by atoms with Gasteiger partial charge < -0.3 is 44.4 Å². The minimum absolute atomic E-state index is 0.281. The van der Waals surface area contributed by atoms with Gasteiger partial charge in [-0.1, -0.05) is 0 Å². The molecule has 0 aromatic heterocycles. The third-order valence-electron chi connectivity index (χ3n) is 9.12. The SMILES string of the molecule is CC(C)(NCC1CCOCC1)C(=O)O.CN(CC1CCOCC1)C(C)(C)C(=O)O.O=CC1CCOCC1.OCC1CCOCC1. The van der Waals surface area contributed by atoms with Crippen molar-refractivity contribution in [2.24, 2.45) is 23.7 Å². The number of aldehydes is 1. The number of carbonyl (C=O) groups is 3. The first-order valence-corrected chi connectivity index (χ1v) is 16.6. The lowest BCUT2D eigenvalue weighted by Gasteiger charge is -2.35. The average Bonchev–Trinajstić information content (AvgIpc) is 3.06. The fourth-order valence-corrected chi connectivity index (χ4v) is 4.91. The molecule has 4 aliphatic rings. The molecule has 0 radical (unpaired) electrons. The largest absolute Gasteiger partial charge is 0.480 e. The summed E-state index contributed by atoms with van der Waals surface area (Å²) in [7, 11) is 1.88. The van der Waals surface area contributed by atoms with Gasteiger partial charge in [-0.25, -0.2) is 0 Å². The van der Waals surface area contributed by atoms with Gasteiger partial charge in [0.1, 0.15) is 17.4 Å². The molecule has 4 fully saturated rings. The van der Waals surface area contributed by atoms with Crippen molar-refractivity contribution in [3.8, 4) is 0 Å². The third kappa shape index (κ3) is 17.7. The summed E-state index contributed by atoms with van der Waals surface area (Å²) in [5.41, 5.74) is -1.60. The molecule has 0 amide bonds. The number of hydrogen-bond donors (Lipinski definition) is 4. The second-order valence-corrected chi connectivity index (χ2v) is 13.5. The van der Waals surface area contributed by atoms with Crippen molar-refractivity contribution in [3.63, 3.8) is 0 Å². The first-order chi connectivity index (χ1) is 21.3. The van der Waals surface area contributed by atoms with Crippen molar-refractivity contribution in [1.82, 2.24) is 10.2 Å². The van der Waals surface area contributed by atoms with E-state index >= 15 is 0 Å². The topological polar surface area (TPSA) is 164 Å². The third-order valence-corrected chi connectivity index (χ3v) is 9.12. The summed E-state index contributed by atoms with van der Waals surface area (Å²) in [4.78, 5) is 33.9. The summed E-state index contributed by atoms with van der Waals surface area (Å²) in [5, 5.41) is 29.7. The minimum Gasteiger partial charge on any atom is -0.480 e. The van der Waals surface area contributed by atoms with Gasteiger partial charge in [-0.15, -0.1) is 0 Å². The number of likely N-dealkylation sites (N-methyl/N-ethyl adjacent to an activating group) is 1. The number of aliphatic hydroxyl groups excluding tert-OH is 1. The van der Waals surface area contributed by atoms with Crippen LogP contribution in [0, 0.1) is 23.7 Å². The van der Waals surface area contributed by atoms with Gasteiger partial charge in [0.25, 0.3) is 0 Å². The second kappa shape index (κ2) is 22.8. The molecule has 4 N–H and O–H groups in total. The summed E-state index contributed by atoms with van der Waals surface area (Å²) in [6.45, 7) is 15.3. The Hall–Kier alpha value is -1.67. The average molecular weight is 647 g/mol. The van der Waals surface area contributed by atoms with Crippen molar-refractivity contribution in [1.29, 1.82) is 0 Å². The van der Waals surface area contributed by atoms with Gasteiger partial charge in [-0.2, -0.15) is 0 Å². The van der Waals surface area contributed by atoms with E-state index in [0.717, 1.165) is 124 Å². The number of hydrogen-bond acceptors (Lipinski definition) is 10. The lowest BCUT2D eigenvalue weighted by Crippen LogP contribution is -2.50. The second-order valence-electron chi connectivity index (χ2n) is 13.5. The van der Waals surface area contributed by atoms with Crippen LogP contribution in [0.4, 0.5) is 0 Å². The van der Waals surface area contributed by atoms with E-state index in [1.54, 1.807) is 27.7 Å². The molecule has 0 aromatic rings. The van der Waals surface area contributed by atoms with Crippen LogP contribution in [0.3, 0.4) is 0 Å². The number of nitrogens with one attached hydrogen (secondary N) is 1. The highest BCUT2D eigenvalue weighted by molar-refractivity contribution is 5.77. The van der Waals surface area contributed by atoms with Crippen LogP contribution in [0.5, 0.6) is 0 Å². The summed E-state index contributed by atoms with van der Waals surface area (Å²) in [6.07, 6.45) is 9.09. The zero-order valence-corrected chi connectivity index (χ0v) is 28.5. The maximum Gasteiger partial charge on any atom is 0.323 e. The molecule has 4 heterocycles. The highest BCUT2D eigenvalue weighted by Gasteiger charge is 2.33. The Morgan fingerprint density at radius 1 is 0.711 bits per heavy atom. The highest BCUT2D eigenvalue weighted by Crippen LogP contribution is 2.20. The maximum absolute atomic E-state index is 11.0. The standard InChI is InChI=1S/C11H21NO3.C10H19NO3.C6H12O2.C6H10O2/c1-11(2,10(13)14)12(3)8-9-4-6-15-7-5-9;1-10(2,9(12)13)11-7-8-3-5-14-6-4-8;2*7-5-6-1-3-8-4-2-6/h9H,4-8H2,1-3H3,(H,13,14);8,11H,3-7H2,1-2H3,(H,12,13);6-7H,1-5H2;5-6H,1-4H2. The number of ether oxygens (including phenoxy) is 4. The Balaban J connectivity index is 0.000000311. The Bertz CT molecular complexity index is 801. The lowest BCUT2D eigenvalue weighted by atomic mass is 9.96. The van der Waals surface area contributed by atoms with Crippen LogP contribution in [-0.2, 0) is 33.3 Å². The van der Waals surface area contributed by atoms with Crippen molar-refractivity contribution >= 4 is 18.2 Å². The van der Waals surface area contributed by atoms with E-state index in [9.17, 15) is 14.4 Å². The van der Waals surface area contributed by atoms with Gasteiger partial charge in [0.15, 0.2) is 0 Å². The molecule has 12 heteroatoms. The van der Waals surface area contributed by atoms with Crippen LogP contribution in [-0.4, -0.2) is 129 Å². The number of aliphatic hydroxyl groups is 1. The molecule has 4 rings (SSSR count).